The van der Waals surface area contributed by atoms with Gasteiger partial charge >= 0.3 is 5.38 Å². The molecule has 0 aliphatic rings. The molecule has 0 rings (SSSR count). The number of hydrogen-bond donors (Lipinski definition) is 1. The van der Waals surface area contributed by atoms with Gasteiger partial charge in [0.05, 0.1) is 0 Å². The number of halogens is 3. The van der Waals surface area contributed by atoms with Crippen LogP contribution in [0.2, 0.25) is 0 Å². The van der Waals surface area contributed by atoms with Crippen LogP contribution in [0.5, 0.6) is 0 Å². The minimum Gasteiger partial charge on any atom is -0.351 e. The Morgan fingerprint density at radius 3 is 1.83 bits per heavy atom. The van der Waals surface area contributed by atoms with E-state index in [-0.39, 0.29) is 0 Å². The molecule has 0 aliphatic carbocycles. The average molecular weight is 117 g/mol. The zero-order valence-electron chi connectivity index (χ0n) is 3.05. The van der Waals surface area contributed by atoms with Crippen LogP contribution < -0.4 is 5.73 Å². The van der Waals surface area contributed by atoms with E-state index in [1.54, 1.807) is 0 Å². The van der Waals surface area contributed by atoms with Gasteiger partial charge in [0.15, 0.2) is 6.54 Å². The third-order valence-corrected chi connectivity index (χ3v) is 0.472. The summed E-state index contributed by atoms with van der Waals surface area (Å²) in [6.07, 6.45) is 0. The van der Waals surface area contributed by atoms with Crippen molar-refractivity contribution < 1.29 is 14.5 Å². The Hall–Kier alpha value is 0.110. The SMILES string of the molecule is [NH3+]CC(F)(F)Cl. The second-order valence-corrected chi connectivity index (χ2v) is 1.42. The van der Waals surface area contributed by atoms with E-state index >= 15 is 0 Å². The number of rotatable bonds is 1. The lowest BCUT2D eigenvalue weighted by Crippen LogP contribution is -2.56. The van der Waals surface area contributed by atoms with Crippen LogP contribution in [-0.2, 0) is 0 Å². The molecule has 0 amide bonds. The summed E-state index contributed by atoms with van der Waals surface area (Å²) in [5.41, 5.74) is 2.88. The van der Waals surface area contributed by atoms with Crippen LogP contribution in [0, 0.1) is 0 Å². The summed E-state index contributed by atoms with van der Waals surface area (Å²) in [4.78, 5) is 0. The van der Waals surface area contributed by atoms with Crippen molar-refractivity contribution in [1.29, 1.82) is 0 Å². The second kappa shape index (κ2) is 1.71. The molecular formula is C2H5ClF2N+. The zero-order valence-corrected chi connectivity index (χ0v) is 3.80. The maximum atomic E-state index is 11.2. The largest absolute Gasteiger partial charge is 0.369 e. The fourth-order valence-corrected chi connectivity index (χ4v) is 0. The highest BCUT2D eigenvalue weighted by molar-refractivity contribution is 6.21. The Labute approximate surface area is 39.1 Å². The third kappa shape index (κ3) is 4.11. The maximum Gasteiger partial charge on any atom is 0.369 e. The highest BCUT2D eigenvalue weighted by atomic mass is 35.5. The van der Waals surface area contributed by atoms with Crippen LogP contribution in [0.15, 0.2) is 0 Å². The van der Waals surface area contributed by atoms with Gasteiger partial charge in [0.25, 0.3) is 0 Å². The summed E-state index contributed by atoms with van der Waals surface area (Å²) in [5.74, 6) is 0. The average Bonchev–Trinajstić information content (AvgIpc) is 1.35. The first-order valence-electron chi connectivity index (χ1n) is 1.42. The van der Waals surface area contributed by atoms with Gasteiger partial charge < -0.3 is 5.73 Å². The molecule has 0 saturated heterocycles. The van der Waals surface area contributed by atoms with Gasteiger partial charge in [-0.1, -0.05) is 0 Å². The molecule has 0 aromatic heterocycles. The van der Waals surface area contributed by atoms with E-state index in [1.165, 1.54) is 0 Å². The molecule has 1 nitrogen and oxygen atoms in total. The molecule has 0 heterocycles. The highest BCUT2D eigenvalue weighted by Crippen LogP contribution is 2.14. The molecule has 4 heteroatoms. The summed E-state index contributed by atoms with van der Waals surface area (Å²) < 4.78 is 22.3. The molecule has 38 valence electrons. The molecule has 0 aromatic carbocycles. The van der Waals surface area contributed by atoms with Crippen LogP contribution in [0.4, 0.5) is 8.78 Å². The van der Waals surface area contributed by atoms with E-state index < -0.39 is 11.9 Å². The summed E-state index contributed by atoms with van der Waals surface area (Å²) in [6, 6.07) is 0. The Bertz CT molecular complexity index is 41.3. The number of hydrogen-bond acceptors (Lipinski definition) is 0. The highest BCUT2D eigenvalue weighted by Gasteiger charge is 2.23. The smallest absolute Gasteiger partial charge is 0.351 e. The van der Waals surface area contributed by atoms with Crippen molar-refractivity contribution in [3.05, 3.63) is 0 Å². The van der Waals surface area contributed by atoms with Crippen molar-refractivity contribution in [2.24, 2.45) is 0 Å². The third-order valence-electron chi connectivity index (χ3n) is 0.283. The van der Waals surface area contributed by atoms with Crippen LogP contribution in [0.1, 0.15) is 0 Å². The first-order valence-corrected chi connectivity index (χ1v) is 1.80. The molecule has 6 heavy (non-hydrogen) atoms. The van der Waals surface area contributed by atoms with Gasteiger partial charge in [0.1, 0.15) is 0 Å². The summed E-state index contributed by atoms with van der Waals surface area (Å²) in [6.45, 7) is -0.547. The Kier molecular flexibility index (Phi) is 1.74. The predicted octanol–water partition coefficient (Wildman–Crippen LogP) is 0.0599. The van der Waals surface area contributed by atoms with Crippen LogP contribution in [-0.4, -0.2) is 11.9 Å². The quantitative estimate of drug-likeness (QED) is 0.470. The minimum atomic E-state index is -3.10. The van der Waals surface area contributed by atoms with E-state index in [1.807, 2.05) is 0 Å². The first kappa shape index (κ1) is 6.11. The molecule has 0 fully saturated rings. The monoisotopic (exact) mass is 116 g/mol. The molecule has 0 aromatic rings. The van der Waals surface area contributed by atoms with Gasteiger partial charge in [0.2, 0.25) is 0 Å². The summed E-state index contributed by atoms with van der Waals surface area (Å²) >= 11 is 4.32. The number of alkyl halides is 3. The van der Waals surface area contributed by atoms with Crippen molar-refractivity contribution >= 4 is 11.6 Å². The van der Waals surface area contributed by atoms with Gasteiger partial charge in [-0.3, -0.25) is 0 Å². The summed E-state index contributed by atoms with van der Waals surface area (Å²) in [7, 11) is 0. The Balaban J connectivity index is 3.17. The van der Waals surface area contributed by atoms with E-state index in [2.05, 4.69) is 17.3 Å². The second-order valence-electron chi connectivity index (χ2n) is 0.865. The molecule has 0 radical (unpaired) electrons. The lowest BCUT2D eigenvalue weighted by atomic mass is 10.7. The van der Waals surface area contributed by atoms with Gasteiger partial charge in [-0.25, -0.2) is 0 Å². The molecule has 0 aliphatic heterocycles. The van der Waals surface area contributed by atoms with Crippen molar-refractivity contribution in [2.75, 3.05) is 6.54 Å². The van der Waals surface area contributed by atoms with Crippen LogP contribution in [0.3, 0.4) is 0 Å². The van der Waals surface area contributed by atoms with Gasteiger partial charge in [-0.15, -0.1) is 0 Å². The lowest BCUT2D eigenvalue weighted by molar-refractivity contribution is -0.394. The topological polar surface area (TPSA) is 27.6 Å². The first-order chi connectivity index (χ1) is 2.56. The standard InChI is InChI=1S/C2H4ClF2N/c3-2(4,5)1-6/h1,6H2/p+1. The zero-order chi connectivity index (χ0) is 5.21. The van der Waals surface area contributed by atoms with Crippen LogP contribution in [0.25, 0.3) is 0 Å². The predicted molar refractivity (Wildman–Crippen MR) is 18.6 cm³/mol. The fourth-order valence-electron chi connectivity index (χ4n) is 0. The normalized spacial score (nSPS) is 12.0. The lowest BCUT2D eigenvalue weighted by Gasteiger charge is -1.95. The van der Waals surface area contributed by atoms with E-state index in [0.717, 1.165) is 0 Å². The van der Waals surface area contributed by atoms with Crippen molar-refractivity contribution in [1.82, 2.24) is 0 Å². The summed E-state index contributed by atoms with van der Waals surface area (Å²) in [5, 5.41) is -3.10. The van der Waals surface area contributed by atoms with Crippen molar-refractivity contribution in [2.45, 2.75) is 5.38 Å². The Morgan fingerprint density at radius 1 is 1.67 bits per heavy atom. The van der Waals surface area contributed by atoms with E-state index in [0.29, 0.717) is 0 Å². The molecule has 3 N–H and O–H groups in total. The molecule has 0 unspecified atom stereocenters. The number of quaternary nitrogens is 1. The van der Waals surface area contributed by atoms with Crippen molar-refractivity contribution in [3.8, 4) is 0 Å². The van der Waals surface area contributed by atoms with E-state index in [4.69, 9.17) is 0 Å². The minimum absolute atomic E-state index is 0.547. The van der Waals surface area contributed by atoms with Crippen LogP contribution >= 0.6 is 11.6 Å². The Morgan fingerprint density at radius 2 is 1.83 bits per heavy atom. The fraction of sp³-hybridized carbons (Fsp3) is 1.00. The maximum absolute atomic E-state index is 11.2. The van der Waals surface area contributed by atoms with Gasteiger partial charge in [-0.2, -0.15) is 8.78 Å². The van der Waals surface area contributed by atoms with Gasteiger partial charge in [-0.05, 0) is 11.6 Å². The molecule has 0 bridgehead atoms. The molecular weight excluding hydrogens is 111 g/mol. The molecule has 0 atom stereocenters. The van der Waals surface area contributed by atoms with Crippen molar-refractivity contribution in [3.63, 3.8) is 0 Å². The molecule has 0 spiro atoms. The van der Waals surface area contributed by atoms with Gasteiger partial charge in [0, 0.05) is 0 Å². The van der Waals surface area contributed by atoms with E-state index in [9.17, 15) is 8.78 Å². The molecule has 0 saturated carbocycles.